The van der Waals surface area contributed by atoms with E-state index in [1.54, 1.807) is 25.1 Å². The van der Waals surface area contributed by atoms with Gasteiger partial charge in [0.15, 0.2) is 11.5 Å². The molecule has 23 heavy (non-hydrogen) atoms. The van der Waals surface area contributed by atoms with Crippen LogP contribution in [0.4, 0.5) is 0 Å². The predicted octanol–water partition coefficient (Wildman–Crippen LogP) is 3.80. The number of carbonyl (C=O) groups is 1. The van der Waals surface area contributed by atoms with E-state index in [-0.39, 0.29) is 5.57 Å². The average molecular weight is 330 g/mol. The zero-order chi connectivity index (χ0) is 16.4. The molecule has 1 aliphatic rings. The van der Waals surface area contributed by atoms with E-state index < -0.39 is 5.78 Å². The third-order valence-corrected chi connectivity index (χ3v) is 3.68. The fraction of sp³-hybridized carbons (Fsp3) is 0.176. The average Bonchev–Trinajstić information content (AvgIpc) is 2.98. The molecule has 3 rings (SSSR count). The van der Waals surface area contributed by atoms with Crippen LogP contribution < -0.4 is 9.47 Å². The number of rotatable bonds is 3. The zero-order valence-electron chi connectivity index (χ0n) is 12.3. The molecule has 1 aromatic heterocycles. The molecular weight excluding hydrogens is 318 g/mol. The van der Waals surface area contributed by atoms with Crippen molar-refractivity contribution >= 4 is 23.5 Å². The summed E-state index contributed by atoms with van der Waals surface area (Å²) in [6, 6.07) is 6.78. The van der Waals surface area contributed by atoms with Gasteiger partial charge in [-0.15, -0.1) is 0 Å². The molecule has 6 heteroatoms. The van der Waals surface area contributed by atoms with Crippen molar-refractivity contribution in [3.05, 3.63) is 51.9 Å². The van der Waals surface area contributed by atoms with Gasteiger partial charge in [-0.2, -0.15) is 5.26 Å². The Morgan fingerprint density at radius 3 is 2.83 bits per heavy atom. The number of aryl methyl sites for hydroxylation is 1. The van der Waals surface area contributed by atoms with E-state index in [0.717, 1.165) is 0 Å². The standard InChI is InChI=1S/C17H12ClNO4/c1-10-13(2-3-21-10)16(20)12(9-19)6-11-7-14(18)17-15(8-11)22-4-5-23-17/h2-3,6-8H,4-5H2,1H3/b12-6+. The minimum atomic E-state index is -0.398. The number of ketones is 1. The number of benzene rings is 1. The van der Waals surface area contributed by atoms with Crippen LogP contribution in [0.25, 0.3) is 6.08 Å². The Kier molecular flexibility index (Phi) is 4.09. The first-order valence-corrected chi connectivity index (χ1v) is 7.27. The number of Topliss-reactive ketones (excluding diaryl/α,β-unsaturated/α-hetero) is 1. The van der Waals surface area contributed by atoms with Crippen molar-refractivity contribution in [1.29, 1.82) is 5.26 Å². The molecule has 0 aliphatic carbocycles. The van der Waals surface area contributed by atoms with Gasteiger partial charge in [-0.25, -0.2) is 0 Å². The smallest absolute Gasteiger partial charge is 0.207 e. The van der Waals surface area contributed by atoms with Crippen LogP contribution in [-0.4, -0.2) is 19.0 Å². The fourth-order valence-electron chi connectivity index (χ4n) is 2.30. The molecule has 2 aromatic rings. The molecule has 0 amide bonds. The van der Waals surface area contributed by atoms with E-state index in [4.69, 9.17) is 25.5 Å². The first kappa shape index (κ1) is 15.2. The number of hydrogen-bond donors (Lipinski definition) is 0. The number of fused-ring (bicyclic) bond motifs is 1. The summed E-state index contributed by atoms with van der Waals surface area (Å²) in [6.45, 7) is 2.53. The Morgan fingerprint density at radius 1 is 1.35 bits per heavy atom. The molecule has 0 radical (unpaired) electrons. The van der Waals surface area contributed by atoms with Gasteiger partial charge in [0.2, 0.25) is 5.78 Å². The number of nitriles is 1. The monoisotopic (exact) mass is 329 g/mol. The van der Waals surface area contributed by atoms with Crippen molar-refractivity contribution in [2.75, 3.05) is 13.2 Å². The first-order valence-electron chi connectivity index (χ1n) is 6.90. The molecule has 0 unspecified atom stereocenters. The maximum absolute atomic E-state index is 12.4. The maximum atomic E-state index is 12.4. The molecule has 0 atom stereocenters. The summed E-state index contributed by atoms with van der Waals surface area (Å²) in [5, 5.41) is 9.67. The van der Waals surface area contributed by atoms with Crippen molar-refractivity contribution in [2.45, 2.75) is 6.92 Å². The highest BCUT2D eigenvalue weighted by molar-refractivity contribution is 6.32. The summed E-state index contributed by atoms with van der Waals surface area (Å²) in [4.78, 5) is 12.4. The normalized spacial score (nSPS) is 13.5. The minimum Gasteiger partial charge on any atom is -0.486 e. The second kappa shape index (κ2) is 6.19. The van der Waals surface area contributed by atoms with Gasteiger partial charge in [0, 0.05) is 0 Å². The maximum Gasteiger partial charge on any atom is 0.207 e. The lowest BCUT2D eigenvalue weighted by Gasteiger charge is -2.19. The Balaban J connectivity index is 1.99. The van der Waals surface area contributed by atoms with Crippen molar-refractivity contribution in [3.63, 3.8) is 0 Å². The van der Waals surface area contributed by atoms with Crippen molar-refractivity contribution in [1.82, 2.24) is 0 Å². The number of halogens is 1. The quantitative estimate of drug-likeness (QED) is 0.486. The Hall–Kier alpha value is -2.71. The van der Waals surface area contributed by atoms with Crippen molar-refractivity contribution in [3.8, 4) is 17.6 Å². The molecule has 0 bridgehead atoms. The van der Waals surface area contributed by atoms with Gasteiger partial charge in [0.1, 0.15) is 30.6 Å². The lowest BCUT2D eigenvalue weighted by atomic mass is 10.0. The summed E-state index contributed by atoms with van der Waals surface area (Å²) in [7, 11) is 0. The molecule has 0 spiro atoms. The van der Waals surface area contributed by atoms with Gasteiger partial charge >= 0.3 is 0 Å². The van der Waals surface area contributed by atoms with Crippen LogP contribution in [0.15, 0.2) is 34.5 Å². The van der Waals surface area contributed by atoms with E-state index >= 15 is 0 Å². The Labute approximate surface area is 137 Å². The van der Waals surface area contributed by atoms with Crippen LogP contribution in [0.5, 0.6) is 11.5 Å². The molecule has 1 aromatic carbocycles. The van der Waals surface area contributed by atoms with E-state index in [0.29, 0.717) is 46.6 Å². The molecular formula is C17H12ClNO4. The lowest BCUT2D eigenvalue weighted by molar-refractivity contribution is 0.103. The lowest BCUT2D eigenvalue weighted by Crippen LogP contribution is -2.15. The molecule has 0 saturated carbocycles. The van der Waals surface area contributed by atoms with Gasteiger partial charge in [-0.1, -0.05) is 11.6 Å². The number of ether oxygens (including phenoxy) is 2. The minimum absolute atomic E-state index is 0.0118. The Bertz CT molecular complexity index is 845. The molecule has 1 aliphatic heterocycles. The highest BCUT2D eigenvalue weighted by Gasteiger charge is 2.19. The van der Waals surface area contributed by atoms with Gasteiger partial charge in [0.25, 0.3) is 0 Å². The molecule has 5 nitrogen and oxygen atoms in total. The van der Waals surface area contributed by atoms with Crippen LogP contribution in [0.1, 0.15) is 21.7 Å². The summed E-state index contributed by atoms with van der Waals surface area (Å²) in [5.74, 6) is 1.05. The third kappa shape index (κ3) is 2.94. The van der Waals surface area contributed by atoms with Crippen LogP contribution >= 0.6 is 11.6 Å². The summed E-state index contributed by atoms with van der Waals surface area (Å²) in [5.41, 5.74) is 0.939. The molecule has 116 valence electrons. The van der Waals surface area contributed by atoms with Crippen molar-refractivity contribution in [2.24, 2.45) is 0 Å². The number of nitrogens with zero attached hydrogens (tertiary/aromatic N) is 1. The topological polar surface area (TPSA) is 72.5 Å². The van der Waals surface area contributed by atoms with Crippen LogP contribution in [0, 0.1) is 18.3 Å². The van der Waals surface area contributed by atoms with E-state index in [1.807, 2.05) is 6.07 Å². The van der Waals surface area contributed by atoms with Gasteiger partial charge in [-0.05, 0) is 36.8 Å². The highest BCUT2D eigenvalue weighted by Crippen LogP contribution is 2.38. The highest BCUT2D eigenvalue weighted by atomic mass is 35.5. The molecule has 0 fully saturated rings. The molecule has 0 N–H and O–H groups in total. The number of furan rings is 1. The molecule has 2 heterocycles. The van der Waals surface area contributed by atoms with Gasteiger partial charge in [-0.3, -0.25) is 4.79 Å². The number of carbonyl (C=O) groups excluding carboxylic acids is 1. The van der Waals surface area contributed by atoms with Gasteiger partial charge < -0.3 is 13.9 Å². The number of allylic oxidation sites excluding steroid dienone is 1. The van der Waals surface area contributed by atoms with Crippen LogP contribution in [0.3, 0.4) is 0 Å². The fourth-order valence-corrected chi connectivity index (χ4v) is 2.57. The van der Waals surface area contributed by atoms with Crippen molar-refractivity contribution < 1.29 is 18.7 Å². The zero-order valence-corrected chi connectivity index (χ0v) is 13.0. The first-order chi connectivity index (χ1) is 11.1. The largest absolute Gasteiger partial charge is 0.486 e. The second-order valence-electron chi connectivity index (χ2n) is 4.92. The molecule has 0 saturated heterocycles. The predicted molar refractivity (Wildman–Crippen MR) is 83.8 cm³/mol. The van der Waals surface area contributed by atoms with E-state index in [9.17, 15) is 10.1 Å². The third-order valence-electron chi connectivity index (χ3n) is 3.40. The Morgan fingerprint density at radius 2 is 2.13 bits per heavy atom. The second-order valence-corrected chi connectivity index (χ2v) is 5.32. The van der Waals surface area contributed by atoms with Gasteiger partial charge in [0.05, 0.1) is 16.8 Å². The van der Waals surface area contributed by atoms with E-state index in [2.05, 4.69) is 0 Å². The van der Waals surface area contributed by atoms with Crippen LogP contribution in [-0.2, 0) is 0 Å². The van der Waals surface area contributed by atoms with E-state index in [1.165, 1.54) is 12.3 Å². The SMILES string of the molecule is Cc1occc1C(=O)/C(C#N)=C/c1cc(Cl)c2c(c1)OCCO2. The van der Waals surface area contributed by atoms with Crippen LogP contribution in [0.2, 0.25) is 5.02 Å². The number of hydrogen-bond acceptors (Lipinski definition) is 5. The summed E-state index contributed by atoms with van der Waals surface area (Å²) in [6.07, 6.45) is 2.89. The summed E-state index contributed by atoms with van der Waals surface area (Å²) >= 11 is 6.16. The summed E-state index contributed by atoms with van der Waals surface area (Å²) < 4.78 is 16.0.